The summed E-state index contributed by atoms with van der Waals surface area (Å²) >= 11 is 5.64. The van der Waals surface area contributed by atoms with E-state index in [1.807, 2.05) is 0 Å². The Labute approximate surface area is 201 Å². The Hall–Kier alpha value is -2.26. The van der Waals surface area contributed by atoms with Crippen LogP contribution in [-0.2, 0) is 14.3 Å². The zero-order valence-electron chi connectivity index (χ0n) is 18.7. The zero-order valence-corrected chi connectivity index (χ0v) is 19.4. The van der Waals surface area contributed by atoms with E-state index < -0.39 is 30.0 Å². The Bertz CT molecular complexity index is 968. The predicted molar refractivity (Wildman–Crippen MR) is 119 cm³/mol. The van der Waals surface area contributed by atoms with Gasteiger partial charge in [0.05, 0.1) is 17.0 Å². The monoisotopic (exact) mass is 500 g/mol. The predicted octanol–water partition coefficient (Wildman–Crippen LogP) is 4.51. The van der Waals surface area contributed by atoms with E-state index in [0.29, 0.717) is 38.5 Å². The van der Waals surface area contributed by atoms with E-state index in [1.54, 1.807) is 0 Å². The van der Waals surface area contributed by atoms with Gasteiger partial charge < -0.3 is 20.1 Å². The second-order valence-corrected chi connectivity index (χ2v) is 10.1. The molecule has 4 saturated carbocycles. The Morgan fingerprint density at radius 2 is 1.85 bits per heavy atom. The molecule has 2 N–H and O–H groups in total. The van der Waals surface area contributed by atoms with Crippen LogP contribution in [0.5, 0.6) is 5.75 Å². The van der Waals surface area contributed by atoms with Crippen LogP contribution >= 0.6 is 11.6 Å². The molecule has 4 fully saturated rings. The molecule has 0 heterocycles. The Balaban J connectivity index is 1.25. The van der Waals surface area contributed by atoms with Crippen molar-refractivity contribution in [2.75, 3.05) is 6.61 Å². The molecule has 1 aromatic carbocycles. The molecule has 4 aliphatic carbocycles. The number of halogens is 4. The molecule has 0 spiro atoms. The SMILES string of the molecule is C=C1CCC(OC(F)F)CCC1C(=O)NC12CCC(NC(=O)COc3ccc(Cl)c(F)c3)(C1)C2. The van der Waals surface area contributed by atoms with E-state index >= 15 is 0 Å². The van der Waals surface area contributed by atoms with Crippen molar-refractivity contribution < 1.29 is 32.2 Å². The summed E-state index contributed by atoms with van der Waals surface area (Å²) in [6.07, 6.45) is 3.82. The van der Waals surface area contributed by atoms with E-state index in [9.17, 15) is 22.8 Å². The van der Waals surface area contributed by atoms with Crippen molar-refractivity contribution in [3.05, 3.63) is 41.2 Å². The van der Waals surface area contributed by atoms with Crippen LogP contribution in [-0.4, -0.2) is 42.2 Å². The second kappa shape index (κ2) is 9.77. The van der Waals surface area contributed by atoms with Crippen LogP contribution in [0.3, 0.4) is 0 Å². The number of hydrogen-bond donors (Lipinski definition) is 2. The second-order valence-electron chi connectivity index (χ2n) is 9.66. The fraction of sp³-hybridized carbons (Fsp3) is 0.583. The lowest BCUT2D eigenvalue weighted by Gasteiger charge is -2.48. The Morgan fingerprint density at radius 3 is 2.53 bits per heavy atom. The summed E-state index contributed by atoms with van der Waals surface area (Å²) in [5, 5.41) is 6.12. The van der Waals surface area contributed by atoms with Gasteiger partial charge in [-0.2, -0.15) is 8.78 Å². The number of benzene rings is 1. The van der Waals surface area contributed by atoms with Crippen LogP contribution in [0, 0.1) is 11.7 Å². The smallest absolute Gasteiger partial charge is 0.345 e. The highest BCUT2D eigenvalue weighted by Crippen LogP contribution is 2.55. The lowest BCUT2D eigenvalue weighted by Crippen LogP contribution is -2.65. The number of rotatable bonds is 8. The molecule has 0 saturated heterocycles. The van der Waals surface area contributed by atoms with Gasteiger partial charge in [0.15, 0.2) is 6.61 Å². The maximum Gasteiger partial charge on any atom is 0.345 e. The topological polar surface area (TPSA) is 76.7 Å². The van der Waals surface area contributed by atoms with Crippen LogP contribution in [0.2, 0.25) is 5.02 Å². The van der Waals surface area contributed by atoms with Crippen LogP contribution in [0.1, 0.15) is 51.4 Å². The third kappa shape index (κ3) is 5.51. The molecule has 4 aliphatic rings. The maximum absolute atomic E-state index is 13.5. The molecule has 1 aromatic rings. The van der Waals surface area contributed by atoms with Crippen molar-refractivity contribution in [2.24, 2.45) is 5.92 Å². The Morgan fingerprint density at radius 1 is 1.15 bits per heavy atom. The zero-order chi connectivity index (χ0) is 24.5. The molecule has 2 bridgehead atoms. The third-order valence-electron chi connectivity index (χ3n) is 7.16. The summed E-state index contributed by atoms with van der Waals surface area (Å²) in [6, 6.07) is 3.97. The van der Waals surface area contributed by atoms with E-state index in [-0.39, 0.29) is 34.7 Å². The van der Waals surface area contributed by atoms with Gasteiger partial charge in [-0.15, -0.1) is 0 Å². The highest BCUT2D eigenvalue weighted by molar-refractivity contribution is 6.30. The first-order valence-electron chi connectivity index (χ1n) is 11.4. The number of carbonyl (C=O) groups is 2. The van der Waals surface area contributed by atoms with Crippen molar-refractivity contribution in [1.82, 2.24) is 10.6 Å². The van der Waals surface area contributed by atoms with Gasteiger partial charge in [0.25, 0.3) is 5.91 Å². The van der Waals surface area contributed by atoms with Gasteiger partial charge in [-0.3, -0.25) is 9.59 Å². The van der Waals surface area contributed by atoms with E-state index in [4.69, 9.17) is 16.3 Å². The average molecular weight is 501 g/mol. The maximum atomic E-state index is 13.5. The van der Waals surface area contributed by atoms with Crippen molar-refractivity contribution >= 4 is 23.4 Å². The minimum Gasteiger partial charge on any atom is -0.484 e. The number of nitrogens with one attached hydrogen (secondary N) is 2. The van der Waals surface area contributed by atoms with Crippen LogP contribution in [0.15, 0.2) is 30.4 Å². The fourth-order valence-electron chi connectivity index (χ4n) is 5.59. The normalized spacial score (nSPS) is 30.4. The molecule has 0 aliphatic heterocycles. The summed E-state index contributed by atoms with van der Waals surface area (Å²) in [5.41, 5.74) is -0.0343. The molecule has 10 heteroatoms. The summed E-state index contributed by atoms with van der Waals surface area (Å²) in [4.78, 5) is 25.4. The van der Waals surface area contributed by atoms with Gasteiger partial charge in [0, 0.05) is 17.1 Å². The van der Waals surface area contributed by atoms with Gasteiger partial charge in [0.2, 0.25) is 5.91 Å². The molecule has 2 unspecified atom stereocenters. The highest BCUT2D eigenvalue weighted by Gasteiger charge is 2.62. The highest BCUT2D eigenvalue weighted by atomic mass is 35.5. The number of ether oxygens (including phenoxy) is 2. The largest absolute Gasteiger partial charge is 0.484 e. The van der Waals surface area contributed by atoms with Gasteiger partial charge in [-0.25, -0.2) is 4.39 Å². The summed E-state index contributed by atoms with van der Waals surface area (Å²) in [7, 11) is 0. The van der Waals surface area contributed by atoms with Gasteiger partial charge in [-0.1, -0.05) is 23.8 Å². The van der Waals surface area contributed by atoms with Crippen molar-refractivity contribution in [3.63, 3.8) is 0 Å². The minimum absolute atomic E-state index is 0.0248. The first kappa shape index (κ1) is 24.9. The lowest BCUT2D eigenvalue weighted by atomic mass is 9.70. The van der Waals surface area contributed by atoms with Crippen molar-refractivity contribution in [1.29, 1.82) is 0 Å². The minimum atomic E-state index is -2.82. The fourth-order valence-corrected chi connectivity index (χ4v) is 5.71. The van der Waals surface area contributed by atoms with E-state index in [2.05, 4.69) is 21.9 Å². The summed E-state index contributed by atoms with van der Waals surface area (Å²) in [5.74, 6) is -1.31. The average Bonchev–Trinajstić information content (AvgIpc) is 3.19. The lowest BCUT2D eigenvalue weighted by molar-refractivity contribution is -0.165. The molecule has 2 amide bonds. The molecule has 6 nitrogen and oxygen atoms in total. The van der Waals surface area contributed by atoms with Gasteiger partial charge >= 0.3 is 6.61 Å². The quantitative estimate of drug-likeness (QED) is 0.407. The molecule has 0 aromatic heterocycles. The number of alkyl halides is 2. The first-order valence-corrected chi connectivity index (χ1v) is 11.8. The van der Waals surface area contributed by atoms with Crippen LogP contribution < -0.4 is 15.4 Å². The number of amides is 2. The van der Waals surface area contributed by atoms with Crippen molar-refractivity contribution in [2.45, 2.75) is 75.2 Å². The van der Waals surface area contributed by atoms with E-state index in [1.165, 1.54) is 12.1 Å². The first-order chi connectivity index (χ1) is 16.1. The van der Waals surface area contributed by atoms with Crippen molar-refractivity contribution in [3.8, 4) is 5.75 Å². The number of carbonyl (C=O) groups excluding carboxylic acids is 2. The van der Waals surface area contributed by atoms with Gasteiger partial charge in [0.1, 0.15) is 11.6 Å². The summed E-state index contributed by atoms with van der Waals surface area (Å²) < 4.78 is 48.6. The number of fused-ring (bicyclic) bond motifs is 1. The van der Waals surface area contributed by atoms with Gasteiger partial charge in [-0.05, 0) is 63.5 Å². The summed E-state index contributed by atoms with van der Waals surface area (Å²) in [6.45, 7) is 0.923. The van der Waals surface area contributed by atoms with Crippen LogP contribution in [0.25, 0.3) is 0 Å². The van der Waals surface area contributed by atoms with Crippen LogP contribution in [0.4, 0.5) is 13.2 Å². The standard InChI is InChI=1S/C24H28ClF3N2O4/c1-14-2-3-15(34-22(27)28)4-6-17(14)21(32)30-24-9-8-23(12-24,13-24)29-20(31)11-33-16-5-7-18(25)19(26)10-16/h5,7,10,15,17,22H,1-4,6,8-9,11-13H2,(H,29,31)(H,30,32). The molecule has 34 heavy (non-hydrogen) atoms. The molecule has 0 radical (unpaired) electrons. The third-order valence-corrected chi connectivity index (χ3v) is 7.47. The Kier molecular flexibility index (Phi) is 7.14. The molecule has 5 rings (SSSR count). The molecular formula is C24H28ClF3N2O4. The molecule has 186 valence electrons. The van der Waals surface area contributed by atoms with E-state index in [0.717, 1.165) is 24.5 Å². The molecule has 2 atom stereocenters. The molecular weight excluding hydrogens is 473 g/mol. The number of hydrogen-bond acceptors (Lipinski definition) is 4.